The van der Waals surface area contributed by atoms with Gasteiger partial charge in [0.05, 0.1) is 16.2 Å². The minimum atomic E-state index is -1.12. The Morgan fingerprint density at radius 3 is 2.38 bits per heavy atom. The number of halogens is 3. The van der Waals surface area contributed by atoms with Crippen LogP contribution in [0.2, 0.25) is 0 Å². The lowest BCUT2D eigenvalue weighted by Crippen LogP contribution is -2.15. The van der Waals surface area contributed by atoms with E-state index in [0.29, 0.717) is 12.1 Å². The van der Waals surface area contributed by atoms with Gasteiger partial charge in [-0.15, -0.1) is 0 Å². The number of anilines is 1. The lowest BCUT2D eigenvalue weighted by Gasteiger charge is -2.07. The number of benzene rings is 2. The van der Waals surface area contributed by atoms with Gasteiger partial charge in [0.2, 0.25) is 0 Å². The average molecular weight is 296 g/mol. The molecule has 0 atom stereocenters. The van der Waals surface area contributed by atoms with Crippen LogP contribution in [-0.2, 0) is 0 Å². The first-order chi connectivity index (χ1) is 9.88. The SMILES string of the molecule is O=C(Nc1cc(F)ccc1F)c1cc([N+](=O)[O-])ccc1F. The molecule has 0 saturated heterocycles. The van der Waals surface area contributed by atoms with E-state index in [-0.39, 0.29) is 0 Å². The summed E-state index contributed by atoms with van der Waals surface area (Å²) in [6.45, 7) is 0. The van der Waals surface area contributed by atoms with Crippen LogP contribution in [0.25, 0.3) is 0 Å². The third kappa shape index (κ3) is 3.16. The molecule has 0 unspecified atom stereocenters. The van der Waals surface area contributed by atoms with E-state index >= 15 is 0 Å². The highest BCUT2D eigenvalue weighted by atomic mass is 19.1. The maximum atomic E-state index is 13.5. The zero-order valence-corrected chi connectivity index (χ0v) is 10.3. The molecule has 2 aromatic carbocycles. The lowest BCUT2D eigenvalue weighted by atomic mass is 10.1. The van der Waals surface area contributed by atoms with E-state index in [4.69, 9.17) is 0 Å². The normalized spacial score (nSPS) is 10.2. The molecule has 0 aromatic heterocycles. The Morgan fingerprint density at radius 1 is 1.05 bits per heavy atom. The van der Waals surface area contributed by atoms with Crippen molar-refractivity contribution in [3.8, 4) is 0 Å². The van der Waals surface area contributed by atoms with Crippen LogP contribution < -0.4 is 5.32 Å². The van der Waals surface area contributed by atoms with Crippen molar-refractivity contribution in [3.63, 3.8) is 0 Å². The number of nitro groups is 1. The number of nitrogens with one attached hydrogen (secondary N) is 1. The molecule has 2 aromatic rings. The van der Waals surface area contributed by atoms with Gasteiger partial charge in [-0.1, -0.05) is 0 Å². The average Bonchev–Trinajstić information content (AvgIpc) is 2.43. The quantitative estimate of drug-likeness (QED) is 0.698. The molecule has 1 N–H and O–H groups in total. The summed E-state index contributed by atoms with van der Waals surface area (Å²) < 4.78 is 39.9. The third-order valence-electron chi connectivity index (χ3n) is 2.58. The monoisotopic (exact) mass is 296 g/mol. The summed E-state index contributed by atoms with van der Waals surface area (Å²) in [5.41, 5.74) is -1.64. The predicted molar refractivity (Wildman–Crippen MR) is 67.4 cm³/mol. The fraction of sp³-hybridized carbons (Fsp3) is 0. The number of carbonyl (C=O) groups excluding carboxylic acids is 1. The Hall–Kier alpha value is -2.90. The molecule has 0 spiro atoms. The highest BCUT2D eigenvalue weighted by Gasteiger charge is 2.18. The number of nitrogens with zero attached hydrogens (tertiary/aromatic N) is 1. The number of rotatable bonds is 3. The number of amides is 1. The summed E-state index contributed by atoms with van der Waals surface area (Å²) >= 11 is 0. The van der Waals surface area contributed by atoms with Crippen LogP contribution in [0.4, 0.5) is 24.5 Å². The molecule has 1 amide bonds. The van der Waals surface area contributed by atoms with Gasteiger partial charge >= 0.3 is 0 Å². The van der Waals surface area contributed by atoms with Crippen LogP contribution in [0.5, 0.6) is 0 Å². The van der Waals surface area contributed by atoms with Gasteiger partial charge in [-0.05, 0) is 18.2 Å². The molecule has 0 aliphatic rings. The maximum absolute atomic E-state index is 13.5. The van der Waals surface area contributed by atoms with Crippen molar-refractivity contribution < 1.29 is 22.9 Å². The fourth-order valence-corrected chi connectivity index (χ4v) is 1.58. The van der Waals surface area contributed by atoms with Gasteiger partial charge in [0.25, 0.3) is 11.6 Å². The van der Waals surface area contributed by atoms with Crippen molar-refractivity contribution >= 4 is 17.3 Å². The predicted octanol–water partition coefficient (Wildman–Crippen LogP) is 3.26. The summed E-state index contributed by atoms with van der Waals surface area (Å²) in [6.07, 6.45) is 0. The minimum Gasteiger partial charge on any atom is -0.319 e. The smallest absolute Gasteiger partial charge is 0.270 e. The topological polar surface area (TPSA) is 72.2 Å². The van der Waals surface area contributed by atoms with E-state index in [9.17, 15) is 28.1 Å². The molecular formula is C13H7F3N2O3. The number of carbonyl (C=O) groups is 1. The largest absolute Gasteiger partial charge is 0.319 e. The molecule has 0 saturated carbocycles. The van der Waals surface area contributed by atoms with Gasteiger partial charge in [0, 0.05) is 18.2 Å². The van der Waals surface area contributed by atoms with Gasteiger partial charge in [-0.2, -0.15) is 0 Å². The Balaban J connectivity index is 2.34. The second kappa shape index (κ2) is 5.61. The highest BCUT2D eigenvalue weighted by molar-refractivity contribution is 6.04. The van der Waals surface area contributed by atoms with Gasteiger partial charge in [-0.3, -0.25) is 14.9 Å². The van der Waals surface area contributed by atoms with E-state index in [1.165, 1.54) is 0 Å². The molecule has 21 heavy (non-hydrogen) atoms. The Bertz CT molecular complexity index is 735. The second-order valence-electron chi connectivity index (χ2n) is 4.00. The van der Waals surface area contributed by atoms with Crippen molar-refractivity contribution in [1.82, 2.24) is 0 Å². The maximum Gasteiger partial charge on any atom is 0.270 e. The van der Waals surface area contributed by atoms with Gasteiger partial charge < -0.3 is 5.32 Å². The zero-order chi connectivity index (χ0) is 15.6. The Labute approximate surface area is 116 Å². The van der Waals surface area contributed by atoms with Crippen molar-refractivity contribution in [2.45, 2.75) is 0 Å². The van der Waals surface area contributed by atoms with E-state index in [1.54, 1.807) is 0 Å². The zero-order valence-electron chi connectivity index (χ0n) is 10.3. The number of hydrogen-bond donors (Lipinski definition) is 1. The van der Waals surface area contributed by atoms with Crippen LogP contribution in [-0.4, -0.2) is 10.8 Å². The molecule has 108 valence electrons. The number of hydrogen-bond acceptors (Lipinski definition) is 3. The molecule has 0 bridgehead atoms. The van der Waals surface area contributed by atoms with Gasteiger partial charge in [-0.25, -0.2) is 13.2 Å². The van der Waals surface area contributed by atoms with Crippen molar-refractivity contribution in [1.29, 1.82) is 0 Å². The molecule has 0 radical (unpaired) electrons. The molecule has 0 fully saturated rings. The molecule has 2 rings (SSSR count). The standard InChI is InChI=1S/C13H7F3N2O3/c14-7-1-3-11(16)12(5-7)17-13(19)9-6-8(18(20)21)2-4-10(9)15/h1-6H,(H,17,19). The third-order valence-corrected chi connectivity index (χ3v) is 2.58. The summed E-state index contributed by atoms with van der Waals surface area (Å²) in [6, 6.07) is 4.68. The first-order valence-electron chi connectivity index (χ1n) is 5.59. The minimum absolute atomic E-state index is 0.495. The number of non-ortho nitro benzene ring substituents is 1. The van der Waals surface area contributed by atoms with Crippen LogP contribution >= 0.6 is 0 Å². The first kappa shape index (κ1) is 14.5. The summed E-state index contributed by atoms with van der Waals surface area (Å²) in [5, 5.41) is 12.5. The summed E-state index contributed by atoms with van der Waals surface area (Å²) in [7, 11) is 0. The van der Waals surface area contributed by atoms with Crippen LogP contribution in [0.15, 0.2) is 36.4 Å². The van der Waals surface area contributed by atoms with Crippen molar-refractivity contribution in [3.05, 3.63) is 69.5 Å². The second-order valence-corrected chi connectivity index (χ2v) is 4.00. The van der Waals surface area contributed by atoms with Crippen molar-refractivity contribution in [2.24, 2.45) is 0 Å². The first-order valence-corrected chi connectivity index (χ1v) is 5.59. The fourth-order valence-electron chi connectivity index (χ4n) is 1.58. The summed E-state index contributed by atoms with van der Waals surface area (Å²) in [4.78, 5) is 21.6. The van der Waals surface area contributed by atoms with Gasteiger partial charge in [0.1, 0.15) is 17.5 Å². The van der Waals surface area contributed by atoms with Crippen molar-refractivity contribution in [2.75, 3.05) is 5.32 Å². The Morgan fingerprint density at radius 2 is 1.71 bits per heavy atom. The lowest BCUT2D eigenvalue weighted by molar-refractivity contribution is -0.384. The molecule has 0 aliphatic heterocycles. The highest BCUT2D eigenvalue weighted by Crippen LogP contribution is 2.20. The molecule has 5 nitrogen and oxygen atoms in total. The molecule has 0 heterocycles. The number of nitro benzene ring substituents is 1. The van der Waals surface area contributed by atoms with Gasteiger partial charge in [0.15, 0.2) is 0 Å². The Kier molecular flexibility index (Phi) is 3.88. The van der Waals surface area contributed by atoms with Crippen LogP contribution in [0.1, 0.15) is 10.4 Å². The van der Waals surface area contributed by atoms with E-state index in [1.807, 2.05) is 5.32 Å². The molecular weight excluding hydrogens is 289 g/mol. The van der Waals surface area contributed by atoms with E-state index in [2.05, 4.69) is 0 Å². The van der Waals surface area contributed by atoms with Crippen LogP contribution in [0, 0.1) is 27.6 Å². The molecule has 8 heteroatoms. The summed E-state index contributed by atoms with van der Waals surface area (Å²) in [5.74, 6) is -3.86. The molecule has 0 aliphatic carbocycles. The van der Waals surface area contributed by atoms with E-state index in [0.717, 1.165) is 24.3 Å². The van der Waals surface area contributed by atoms with Crippen LogP contribution in [0.3, 0.4) is 0 Å². The van der Waals surface area contributed by atoms with E-state index < -0.39 is 45.2 Å².